The van der Waals surface area contributed by atoms with Gasteiger partial charge in [0.15, 0.2) is 16.7 Å². The number of carbonyl (C=O) groups excluding carboxylic acids is 1. The molecule has 5 nitrogen and oxygen atoms in total. The molecule has 0 unspecified atom stereocenters. The van der Waals surface area contributed by atoms with Gasteiger partial charge >= 0.3 is 0 Å². The number of carbonyl (C=O) groups is 1. The molecule has 0 saturated carbocycles. The lowest BCUT2D eigenvalue weighted by molar-refractivity contribution is -0.115. The number of methoxy groups -OCH3 is 1. The summed E-state index contributed by atoms with van der Waals surface area (Å²) >= 11 is 19.6. The number of amidine groups is 1. The summed E-state index contributed by atoms with van der Waals surface area (Å²) in [5.41, 5.74) is 2.17. The third-order valence-electron chi connectivity index (χ3n) is 4.63. The highest BCUT2D eigenvalue weighted by Gasteiger charge is 2.24. The van der Waals surface area contributed by atoms with Crippen molar-refractivity contribution >= 4 is 69.4 Å². The van der Waals surface area contributed by atoms with Crippen LogP contribution in [0.5, 0.6) is 11.5 Å². The summed E-state index contributed by atoms with van der Waals surface area (Å²) in [5, 5.41) is 4.95. The number of rotatable bonds is 6. The number of halogens is 3. The van der Waals surface area contributed by atoms with E-state index in [1.54, 1.807) is 67.8 Å². The van der Waals surface area contributed by atoms with E-state index in [-0.39, 0.29) is 12.5 Å². The van der Waals surface area contributed by atoms with E-state index in [0.29, 0.717) is 47.9 Å². The molecule has 1 aliphatic rings. The van der Waals surface area contributed by atoms with Crippen LogP contribution in [0, 0.1) is 0 Å². The van der Waals surface area contributed by atoms with Gasteiger partial charge in [0.2, 0.25) is 0 Å². The fourth-order valence-electron chi connectivity index (χ4n) is 2.98. The quantitative estimate of drug-likeness (QED) is 0.352. The van der Waals surface area contributed by atoms with Crippen molar-refractivity contribution < 1.29 is 14.3 Å². The van der Waals surface area contributed by atoms with E-state index in [2.05, 4.69) is 10.3 Å². The number of ether oxygens (including phenoxy) is 2. The van der Waals surface area contributed by atoms with Crippen molar-refractivity contribution in [2.45, 2.75) is 6.61 Å². The van der Waals surface area contributed by atoms with Crippen LogP contribution in [0.25, 0.3) is 6.08 Å². The van der Waals surface area contributed by atoms with Crippen LogP contribution in [0.1, 0.15) is 11.1 Å². The Hall–Kier alpha value is -2.64. The number of hydrogen-bond donors (Lipinski definition) is 1. The Morgan fingerprint density at radius 2 is 1.73 bits per heavy atom. The summed E-state index contributed by atoms with van der Waals surface area (Å²) in [5.74, 6) is 0.829. The fraction of sp³-hybridized carbons (Fsp3) is 0.0833. The lowest BCUT2D eigenvalue weighted by Gasteiger charge is -2.13. The summed E-state index contributed by atoms with van der Waals surface area (Å²) in [4.78, 5) is 17.3. The molecule has 1 heterocycles. The molecule has 1 N–H and O–H groups in total. The minimum Gasteiger partial charge on any atom is -0.493 e. The lowest BCUT2D eigenvalue weighted by Crippen LogP contribution is -2.19. The van der Waals surface area contributed by atoms with Gasteiger partial charge in [0.1, 0.15) is 6.61 Å². The highest BCUT2D eigenvalue weighted by molar-refractivity contribution is 8.18. The first kappa shape index (κ1) is 23.5. The van der Waals surface area contributed by atoms with Crippen LogP contribution in [-0.4, -0.2) is 18.2 Å². The predicted molar refractivity (Wildman–Crippen MR) is 136 cm³/mol. The smallest absolute Gasteiger partial charge is 0.264 e. The topological polar surface area (TPSA) is 59.9 Å². The number of amides is 1. The summed E-state index contributed by atoms with van der Waals surface area (Å²) in [7, 11) is 1.55. The Morgan fingerprint density at radius 1 is 1.00 bits per heavy atom. The molecule has 33 heavy (non-hydrogen) atoms. The fourth-order valence-corrected chi connectivity index (χ4v) is 4.45. The van der Waals surface area contributed by atoms with Gasteiger partial charge in [-0.2, -0.15) is 0 Å². The van der Waals surface area contributed by atoms with Crippen molar-refractivity contribution in [3.63, 3.8) is 0 Å². The number of aliphatic imine (C=N–C) groups is 1. The molecule has 168 valence electrons. The number of benzene rings is 3. The van der Waals surface area contributed by atoms with Gasteiger partial charge in [-0.3, -0.25) is 4.79 Å². The maximum Gasteiger partial charge on any atom is 0.264 e. The van der Waals surface area contributed by atoms with E-state index < -0.39 is 0 Å². The van der Waals surface area contributed by atoms with Crippen LogP contribution < -0.4 is 14.8 Å². The molecule has 0 atom stereocenters. The summed E-state index contributed by atoms with van der Waals surface area (Å²) in [6.45, 7) is 0.193. The van der Waals surface area contributed by atoms with Crippen LogP contribution in [0.2, 0.25) is 15.1 Å². The summed E-state index contributed by atoms with van der Waals surface area (Å²) in [6.07, 6.45) is 1.77. The Morgan fingerprint density at radius 3 is 2.42 bits per heavy atom. The van der Waals surface area contributed by atoms with Gasteiger partial charge in [0, 0.05) is 20.6 Å². The zero-order chi connectivity index (χ0) is 23.4. The Labute approximate surface area is 210 Å². The molecule has 4 rings (SSSR count). The zero-order valence-corrected chi connectivity index (χ0v) is 20.4. The van der Waals surface area contributed by atoms with E-state index in [1.165, 1.54) is 11.8 Å². The Balaban J connectivity index is 1.50. The molecular formula is C24H17Cl3N2O3S. The van der Waals surface area contributed by atoms with Crippen molar-refractivity contribution in [3.05, 3.63) is 91.8 Å². The molecule has 3 aromatic rings. The van der Waals surface area contributed by atoms with Crippen LogP contribution in [0.3, 0.4) is 0 Å². The van der Waals surface area contributed by atoms with Crippen molar-refractivity contribution in [2.75, 3.05) is 7.11 Å². The second kappa shape index (κ2) is 10.5. The molecule has 0 bridgehead atoms. The summed E-state index contributed by atoms with van der Waals surface area (Å²) in [6, 6.07) is 17.7. The first-order valence-corrected chi connectivity index (χ1v) is 11.7. The maximum absolute atomic E-state index is 12.4. The molecule has 0 radical (unpaired) electrons. The first-order valence-electron chi connectivity index (χ1n) is 9.72. The van der Waals surface area contributed by atoms with Crippen molar-refractivity contribution in [2.24, 2.45) is 4.99 Å². The van der Waals surface area contributed by atoms with Gasteiger partial charge < -0.3 is 14.8 Å². The molecule has 1 saturated heterocycles. The van der Waals surface area contributed by atoms with Crippen LogP contribution in [0.15, 0.2) is 70.6 Å². The van der Waals surface area contributed by atoms with Gasteiger partial charge in [0.25, 0.3) is 5.91 Å². The molecule has 3 aromatic carbocycles. The minimum atomic E-state index is -0.222. The van der Waals surface area contributed by atoms with E-state index in [4.69, 9.17) is 44.3 Å². The lowest BCUT2D eigenvalue weighted by atomic mass is 10.2. The first-order chi connectivity index (χ1) is 15.9. The largest absolute Gasteiger partial charge is 0.493 e. The van der Waals surface area contributed by atoms with Gasteiger partial charge in [0.05, 0.1) is 17.7 Å². The van der Waals surface area contributed by atoms with Crippen LogP contribution in [-0.2, 0) is 11.4 Å². The van der Waals surface area contributed by atoms with Gasteiger partial charge in [-0.1, -0.05) is 46.9 Å². The molecular weight excluding hydrogens is 503 g/mol. The van der Waals surface area contributed by atoms with Gasteiger partial charge in [-0.15, -0.1) is 0 Å². The van der Waals surface area contributed by atoms with Crippen molar-refractivity contribution in [1.29, 1.82) is 0 Å². The van der Waals surface area contributed by atoms with Crippen LogP contribution >= 0.6 is 46.6 Å². The maximum atomic E-state index is 12.4. The molecule has 0 aliphatic carbocycles. The highest BCUT2D eigenvalue weighted by atomic mass is 35.5. The number of nitrogens with one attached hydrogen (secondary N) is 1. The second-order valence-corrected chi connectivity index (χ2v) is 9.14. The average molecular weight is 520 g/mol. The molecule has 1 aliphatic heterocycles. The number of hydrogen-bond acceptors (Lipinski definition) is 5. The molecule has 1 fully saturated rings. The zero-order valence-electron chi connectivity index (χ0n) is 17.3. The Kier molecular flexibility index (Phi) is 7.50. The van der Waals surface area contributed by atoms with Gasteiger partial charge in [-0.25, -0.2) is 4.99 Å². The van der Waals surface area contributed by atoms with Crippen LogP contribution in [0.4, 0.5) is 5.69 Å². The second-order valence-electron chi connectivity index (χ2n) is 6.86. The normalized spacial score (nSPS) is 15.7. The van der Waals surface area contributed by atoms with E-state index in [1.807, 2.05) is 6.07 Å². The third kappa shape index (κ3) is 5.84. The molecule has 0 aromatic heterocycles. The minimum absolute atomic E-state index is 0.193. The standard InChI is InChI=1S/C24H17Cl3N2O3S/c1-31-21-11-14(5-10-20(21)32-13-17-18(26)3-2-4-19(17)27)12-22-23(30)29-24(33-22)28-16-8-6-15(25)7-9-16/h2-12H,13H2,1H3,(H,28,29,30)/b22-12-. The van der Waals surface area contributed by atoms with Crippen molar-refractivity contribution in [3.8, 4) is 11.5 Å². The number of thioether (sulfide) groups is 1. The highest BCUT2D eigenvalue weighted by Crippen LogP contribution is 2.34. The summed E-state index contributed by atoms with van der Waals surface area (Å²) < 4.78 is 11.4. The SMILES string of the molecule is COc1cc(/C=C2\SC(=Nc3ccc(Cl)cc3)NC2=O)ccc1OCc1c(Cl)cccc1Cl. The van der Waals surface area contributed by atoms with E-state index in [0.717, 1.165) is 5.56 Å². The monoisotopic (exact) mass is 518 g/mol. The van der Waals surface area contributed by atoms with Crippen molar-refractivity contribution in [1.82, 2.24) is 5.32 Å². The number of nitrogens with zero attached hydrogens (tertiary/aromatic N) is 1. The van der Waals surface area contributed by atoms with E-state index >= 15 is 0 Å². The molecule has 0 spiro atoms. The molecule has 1 amide bonds. The van der Waals surface area contributed by atoms with E-state index in [9.17, 15) is 4.79 Å². The molecule has 9 heteroatoms. The average Bonchev–Trinajstić information content (AvgIpc) is 3.14. The predicted octanol–water partition coefficient (Wildman–Crippen LogP) is 7.13. The van der Waals surface area contributed by atoms with Gasteiger partial charge in [-0.05, 0) is 71.9 Å². The Bertz CT molecular complexity index is 1240. The third-order valence-corrected chi connectivity index (χ3v) is 6.50.